The molecular formula is C75H94N13O15PS. The van der Waals surface area contributed by atoms with Gasteiger partial charge in [-0.3, -0.25) is 48.2 Å². The summed E-state index contributed by atoms with van der Waals surface area (Å²) >= 11 is 1.40. The topological polar surface area (TPSA) is 389 Å². The number of urea groups is 1. The Balaban J connectivity index is 0.707. The normalized spacial score (nSPS) is 20.8. The standard InChI is InChI=1S/C75H94N13O15PS/c1-6-56-50-37-74(45-88-47(4)54(39-78-88)52-25-26-60(82-65(52)69(95)96)86-33-29-49-15-12-16-53(55(49)40-86)66(92)84-71-81-57-17-9-10-19-59(57)105-71)42-73(56,5)43-75(38-50,44-74)103-35-34-85(31-14-36-104(99,100)101)72(98)102-41-48-21-23-51(24-22-48)79-67(93)58(18-13-30-77-70(76)97)80-68(94)64(46(2)3)83-61(89)20-8-7-11-32-87-62(90)27-28-63(87)91/h9-10,12,15-17,19,21-28,39,46,50,56,58,64H,6-8,11,13-14,18,20,29-38,40-45H2,1-5H3,(H,79,93)(H,80,94)(H,83,89)(H,95,96)(H3,76,77,97)(H,81,84,92)(H2,99,100,101)/t50?,56?,58-,64-,73?,74?,75?/m0/s1. The number of unbranched alkanes of at least 4 members (excludes halogenated alkanes) is 2. The maximum Gasteiger partial charge on any atom is 0.410 e. The lowest BCUT2D eigenvalue weighted by atomic mass is 9.39. The molecule has 560 valence electrons. The Labute approximate surface area is 613 Å². The molecule has 0 radical (unpaired) electrons. The highest BCUT2D eigenvalue weighted by Crippen LogP contribution is 2.70. The molecule has 5 unspecified atom stereocenters. The SMILES string of the molecule is CCC1C2CC3(Cn4ncc(-c5ccc(N6CCc7cccc(C(=O)Nc8nc9ccccc9s8)c7C6)nc5C(=O)O)c4C)CC(OCCN(CCCP(=O)(O)O)C(=O)OCc4ccc(NC(=O)[C@H](CCCNC(N)=O)NC(=O)[C@@H](NC(=O)CCCCCN5C(=O)C=CC5=O)C(C)C)cc4)(C2)CC1(C)C3. The Bertz CT molecular complexity index is 4300. The lowest BCUT2D eigenvalue weighted by Crippen LogP contribution is -2.65. The number of aromatic nitrogens is 4. The molecule has 0 spiro atoms. The second-order valence-corrected chi connectivity index (χ2v) is 32.2. The van der Waals surface area contributed by atoms with E-state index in [4.69, 9.17) is 25.3 Å². The minimum absolute atomic E-state index is 0.00658. The molecule has 5 heterocycles. The minimum Gasteiger partial charge on any atom is -0.476 e. The van der Waals surface area contributed by atoms with Crippen LogP contribution in [0.3, 0.4) is 0 Å². The van der Waals surface area contributed by atoms with Crippen molar-refractivity contribution in [3.63, 3.8) is 0 Å². The lowest BCUT2D eigenvalue weighted by molar-refractivity contribution is -0.247. The van der Waals surface area contributed by atoms with Crippen LogP contribution in [0.25, 0.3) is 21.3 Å². The average molecular weight is 1480 g/mol. The van der Waals surface area contributed by atoms with E-state index in [1.54, 1.807) is 56.4 Å². The summed E-state index contributed by atoms with van der Waals surface area (Å²) in [5, 5.41) is 30.1. The highest BCUT2D eigenvalue weighted by molar-refractivity contribution is 7.51. The van der Waals surface area contributed by atoms with Crippen LogP contribution in [0.15, 0.2) is 97.2 Å². The van der Waals surface area contributed by atoms with Gasteiger partial charge in [0.15, 0.2) is 10.8 Å². The van der Waals surface area contributed by atoms with Gasteiger partial charge in [0.1, 0.15) is 24.5 Å². The number of imide groups is 1. The van der Waals surface area contributed by atoms with Crippen LogP contribution < -0.4 is 37.2 Å². The molecule has 28 nitrogen and oxygen atoms in total. The van der Waals surface area contributed by atoms with E-state index in [1.165, 1.54) is 28.4 Å². The predicted octanol–water partition coefficient (Wildman–Crippen LogP) is 9.46. The van der Waals surface area contributed by atoms with Crippen molar-refractivity contribution < 1.29 is 72.1 Å². The van der Waals surface area contributed by atoms with Crippen LogP contribution >= 0.6 is 18.9 Å². The number of para-hydroxylation sites is 1. The van der Waals surface area contributed by atoms with Crippen molar-refractivity contribution >= 4 is 99.3 Å². The largest absolute Gasteiger partial charge is 0.476 e. The number of carboxylic acid groups (broad SMARTS) is 1. The molecule has 7 atom stereocenters. The number of rotatable bonds is 34. The molecule has 12 rings (SSSR count). The molecule has 2 aliphatic heterocycles. The maximum absolute atomic E-state index is 14.1. The summed E-state index contributed by atoms with van der Waals surface area (Å²) in [5.74, 6) is -2.90. The number of nitrogens with one attached hydrogen (secondary N) is 5. The van der Waals surface area contributed by atoms with Crippen molar-refractivity contribution in [3.05, 3.63) is 131 Å². The Morgan fingerprint density at radius 2 is 1.62 bits per heavy atom. The van der Waals surface area contributed by atoms with Gasteiger partial charge in [-0.15, -0.1) is 0 Å². The van der Waals surface area contributed by atoms with Gasteiger partial charge in [-0.1, -0.05) is 88.3 Å². The van der Waals surface area contributed by atoms with Crippen molar-refractivity contribution in [2.75, 3.05) is 61.0 Å². The van der Waals surface area contributed by atoms with Crippen LogP contribution in [-0.2, 0) is 64.1 Å². The molecule has 4 fully saturated rings. The number of nitrogens with two attached hydrogens (primary N) is 1. The van der Waals surface area contributed by atoms with Gasteiger partial charge in [-0.05, 0) is 165 Å². The van der Waals surface area contributed by atoms with E-state index in [0.717, 1.165) is 70.5 Å². The fourth-order valence-corrected chi connectivity index (χ4v) is 18.3. The van der Waals surface area contributed by atoms with Crippen molar-refractivity contribution in [2.45, 2.75) is 162 Å². The summed E-state index contributed by atoms with van der Waals surface area (Å²) in [5.41, 5.74) is 10.2. The Morgan fingerprint density at radius 3 is 2.33 bits per heavy atom. The highest BCUT2D eigenvalue weighted by Gasteiger charge is 2.66. The number of fused-ring (bicyclic) bond motifs is 2. The van der Waals surface area contributed by atoms with Crippen LogP contribution in [0.2, 0.25) is 0 Å². The molecule has 105 heavy (non-hydrogen) atoms. The van der Waals surface area contributed by atoms with Gasteiger partial charge >= 0.3 is 25.7 Å². The first-order valence-electron chi connectivity index (χ1n) is 36.1. The number of anilines is 3. The van der Waals surface area contributed by atoms with Crippen molar-refractivity contribution in [2.24, 2.45) is 34.3 Å². The molecule has 6 aliphatic rings. The van der Waals surface area contributed by atoms with Gasteiger partial charge in [0.05, 0.1) is 34.8 Å². The fraction of sp³-hybridized carbons (Fsp3) is 0.493. The molecular weight excluding hydrogens is 1390 g/mol. The molecule has 4 aliphatic carbocycles. The zero-order valence-electron chi connectivity index (χ0n) is 59.9. The molecule has 4 bridgehead atoms. The average Bonchev–Trinajstić information content (AvgIpc) is 0.994. The molecule has 9 amide bonds. The second kappa shape index (κ2) is 32.9. The molecule has 3 aromatic heterocycles. The zero-order chi connectivity index (χ0) is 75.0. The molecule has 0 saturated heterocycles. The Morgan fingerprint density at radius 1 is 0.848 bits per heavy atom. The zero-order valence-corrected chi connectivity index (χ0v) is 61.6. The molecule has 3 aromatic carbocycles. The van der Waals surface area contributed by atoms with Crippen LogP contribution in [-0.4, -0.2) is 161 Å². The number of carboxylic acids is 1. The predicted molar refractivity (Wildman–Crippen MR) is 394 cm³/mol. The number of hydrogen-bond acceptors (Lipinski definition) is 17. The third-order valence-electron chi connectivity index (χ3n) is 21.3. The first-order chi connectivity index (χ1) is 50.1. The maximum atomic E-state index is 14.1. The number of aromatic carboxylic acids is 1. The van der Waals surface area contributed by atoms with Crippen molar-refractivity contribution in [3.8, 4) is 11.1 Å². The minimum atomic E-state index is -4.42. The summed E-state index contributed by atoms with van der Waals surface area (Å²) in [6.07, 6.45) is 10.8. The number of primary amides is 1. The number of nitrogens with zero attached hydrogens (tertiary/aromatic N) is 7. The number of amides is 9. The van der Waals surface area contributed by atoms with Crippen LogP contribution in [0.1, 0.15) is 154 Å². The van der Waals surface area contributed by atoms with Crippen molar-refractivity contribution in [1.82, 2.24) is 45.5 Å². The molecule has 30 heteroatoms. The van der Waals surface area contributed by atoms with Gasteiger partial charge in [0.2, 0.25) is 17.7 Å². The number of benzene rings is 3. The fourth-order valence-electron chi connectivity index (χ4n) is 16.9. The van der Waals surface area contributed by atoms with Gasteiger partial charge < -0.3 is 61.2 Å². The number of ether oxygens (including phenoxy) is 2. The van der Waals surface area contributed by atoms with Crippen LogP contribution in [0, 0.1) is 35.5 Å². The number of hydrogen-bond donors (Lipinski definition) is 9. The number of carbonyl (C=O) groups excluding carboxylic acids is 8. The first kappa shape index (κ1) is 76.7. The van der Waals surface area contributed by atoms with Gasteiger partial charge in [-0.2, -0.15) is 5.10 Å². The molecule has 10 N–H and O–H groups in total. The number of carbonyl (C=O) groups is 9. The van der Waals surface area contributed by atoms with E-state index >= 15 is 0 Å². The van der Waals surface area contributed by atoms with E-state index in [1.807, 2.05) is 59.0 Å². The number of pyridine rings is 1. The summed E-state index contributed by atoms with van der Waals surface area (Å²) in [6.45, 7) is 11.8. The molecule has 6 aromatic rings. The van der Waals surface area contributed by atoms with Gasteiger partial charge in [0, 0.05) is 92.5 Å². The van der Waals surface area contributed by atoms with Crippen LogP contribution in [0.5, 0.6) is 0 Å². The molecule has 4 saturated carbocycles. The smallest absolute Gasteiger partial charge is 0.410 e. The Hall–Kier alpha value is -9.41. The lowest BCUT2D eigenvalue weighted by Gasteiger charge is -2.68. The second-order valence-electron chi connectivity index (χ2n) is 29.4. The summed E-state index contributed by atoms with van der Waals surface area (Å²) in [4.78, 5) is 151. The third-order valence-corrected chi connectivity index (χ3v) is 23.1. The van der Waals surface area contributed by atoms with E-state index in [2.05, 4.69) is 45.4 Å². The third kappa shape index (κ3) is 18.6. The summed E-state index contributed by atoms with van der Waals surface area (Å²) in [7, 11) is -4.42. The van der Waals surface area contributed by atoms with E-state index in [0.29, 0.717) is 96.0 Å². The first-order valence-corrected chi connectivity index (χ1v) is 38.7. The monoisotopic (exact) mass is 1480 g/mol. The summed E-state index contributed by atoms with van der Waals surface area (Å²) in [6, 6.07) is 20.6. The Kier molecular flexibility index (Phi) is 24.1. The quantitative estimate of drug-likeness (QED) is 0.0103. The van der Waals surface area contributed by atoms with E-state index < -0.39 is 61.4 Å². The highest BCUT2D eigenvalue weighted by atomic mass is 32.1. The van der Waals surface area contributed by atoms with E-state index in [9.17, 15) is 62.6 Å². The van der Waals surface area contributed by atoms with Gasteiger partial charge in [0.25, 0.3) is 17.7 Å². The van der Waals surface area contributed by atoms with Gasteiger partial charge in [-0.25, -0.2) is 24.4 Å². The summed E-state index contributed by atoms with van der Waals surface area (Å²) < 4.78 is 27.9. The van der Waals surface area contributed by atoms with Crippen LogP contribution in [0.4, 0.5) is 26.2 Å². The van der Waals surface area contributed by atoms with Crippen molar-refractivity contribution in [1.29, 1.82) is 0 Å². The number of thiazole rings is 1. The van der Waals surface area contributed by atoms with E-state index in [-0.39, 0.29) is 111 Å².